The van der Waals surface area contributed by atoms with Crippen molar-refractivity contribution in [1.29, 1.82) is 0 Å². The zero-order valence-electron chi connectivity index (χ0n) is 10.4. The van der Waals surface area contributed by atoms with Gasteiger partial charge in [-0.2, -0.15) is 0 Å². The number of aliphatic hydroxyl groups is 1. The SMILES string of the molecule is OCc1ccccc1Oc1cccc2ccccc12. The van der Waals surface area contributed by atoms with Gasteiger partial charge >= 0.3 is 0 Å². The van der Waals surface area contributed by atoms with E-state index in [0.29, 0.717) is 5.75 Å². The van der Waals surface area contributed by atoms with Gasteiger partial charge in [0.2, 0.25) is 0 Å². The molecule has 3 rings (SSSR count). The first-order valence-electron chi connectivity index (χ1n) is 6.23. The molecule has 0 aromatic heterocycles. The predicted molar refractivity (Wildman–Crippen MR) is 76.4 cm³/mol. The minimum atomic E-state index is -0.0268. The maximum Gasteiger partial charge on any atom is 0.135 e. The van der Waals surface area contributed by atoms with Gasteiger partial charge in [-0.1, -0.05) is 54.6 Å². The van der Waals surface area contributed by atoms with E-state index in [1.807, 2.05) is 54.6 Å². The van der Waals surface area contributed by atoms with Crippen molar-refractivity contribution in [2.75, 3.05) is 0 Å². The summed E-state index contributed by atoms with van der Waals surface area (Å²) in [4.78, 5) is 0. The molecule has 0 fully saturated rings. The van der Waals surface area contributed by atoms with Crippen LogP contribution < -0.4 is 4.74 Å². The summed E-state index contributed by atoms with van der Waals surface area (Å²) in [7, 11) is 0. The van der Waals surface area contributed by atoms with E-state index in [-0.39, 0.29) is 6.61 Å². The van der Waals surface area contributed by atoms with E-state index in [4.69, 9.17) is 4.74 Å². The Morgan fingerprint density at radius 3 is 2.32 bits per heavy atom. The molecule has 3 aromatic carbocycles. The maximum absolute atomic E-state index is 9.33. The summed E-state index contributed by atoms with van der Waals surface area (Å²) < 4.78 is 5.95. The van der Waals surface area contributed by atoms with Crippen LogP contribution in [-0.2, 0) is 6.61 Å². The van der Waals surface area contributed by atoms with Crippen molar-refractivity contribution in [3.05, 3.63) is 72.3 Å². The number of ether oxygens (including phenoxy) is 1. The molecule has 19 heavy (non-hydrogen) atoms. The summed E-state index contributed by atoms with van der Waals surface area (Å²) in [6.45, 7) is -0.0268. The molecule has 0 bridgehead atoms. The van der Waals surface area contributed by atoms with Crippen molar-refractivity contribution in [3.8, 4) is 11.5 Å². The van der Waals surface area contributed by atoms with Gasteiger partial charge in [0.1, 0.15) is 11.5 Å². The second-order valence-corrected chi connectivity index (χ2v) is 4.35. The average Bonchev–Trinajstić information content (AvgIpc) is 2.48. The molecule has 2 nitrogen and oxygen atoms in total. The van der Waals surface area contributed by atoms with Crippen LogP contribution in [0.25, 0.3) is 10.8 Å². The van der Waals surface area contributed by atoms with Crippen LogP contribution in [0.3, 0.4) is 0 Å². The Labute approximate surface area is 111 Å². The molecule has 2 heteroatoms. The average molecular weight is 250 g/mol. The molecule has 0 atom stereocenters. The smallest absolute Gasteiger partial charge is 0.135 e. The van der Waals surface area contributed by atoms with E-state index >= 15 is 0 Å². The Morgan fingerprint density at radius 1 is 0.737 bits per heavy atom. The summed E-state index contributed by atoms with van der Waals surface area (Å²) in [5.41, 5.74) is 0.787. The molecule has 1 N–H and O–H groups in total. The molecule has 0 amide bonds. The van der Waals surface area contributed by atoms with Gasteiger partial charge in [-0.25, -0.2) is 0 Å². The number of fused-ring (bicyclic) bond motifs is 1. The lowest BCUT2D eigenvalue weighted by Gasteiger charge is -2.11. The Bertz CT molecular complexity index is 699. The van der Waals surface area contributed by atoms with Gasteiger partial charge in [0, 0.05) is 10.9 Å². The highest BCUT2D eigenvalue weighted by molar-refractivity contribution is 5.88. The monoisotopic (exact) mass is 250 g/mol. The Kier molecular flexibility index (Phi) is 3.17. The zero-order chi connectivity index (χ0) is 13.1. The minimum absolute atomic E-state index is 0.0268. The highest BCUT2D eigenvalue weighted by atomic mass is 16.5. The van der Waals surface area contributed by atoms with E-state index in [0.717, 1.165) is 22.1 Å². The normalized spacial score (nSPS) is 10.6. The van der Waals surface area contributed by atoms with Crippen LogP contribution in [0.5, 0.6) is 11.5 Å². The Balaban J connectivity index is 2.06. The van der Waals surface area contributed by atoms with Crippen molar-refractivity contribution in [3.63, 3.8) is 0 Å². The van der Waals surface area contributed by atoms with Crippen molar-refractivity contribution in [2.24, 2.45) is 0 Å². The zero-order valence-corrected chi connectivity index (χ0v) is 10.4. The first-order valence-corrected chi connectivity index (χ1v) is 6.23. The Hall–Kier alpha value is -2.32. The number of benzene rings is 3. The quantitative estimate of drug-likeness (QED) is 0.757. The van der Waals surface area contributed by atoms with Crippen molar-refractivity contribution >= 4 is 10.8 Å². The third-order valence-corrected chi connectivity index (χ3v) is 3.11. The number of rotatable bonds is 3. The fraction of sp³-hybridized carbons (Fsp3) is 0.0588. The molecule has 0 aliphatic heterocycles. The van der Waals surface area contributed by atoms with E-state index in [1.165, 1.54) is 0 Å². The van der Waals surface area contributed by atoms with Crippen LogP contribution in [-0.4, -0.2) is 5.11 Å². The van der Waals surface area contributed by atoms with Crippen molar-refractivity contribution in [2.45, 2.75) is 6.61 Å². The second kappa shape index (κ2) is 5.12. The molecular weight excluding hydrogens is 236 g/mol. The lowest BCUT2D eigenvalue weighted by atomic mass is 10.1. The predicted octanol–water partition coefficient (Wildman–Crippen LogP) is 4.12. The Morgan fingerprint density at radius 2 is 1.42 bits per heavy atom. The summed E-state index contributed by atoms with van der Waals surface area (Å²) in [5.74, 6) is 1.50. The van der Waals surface area contributed by atoms with E-state index in [2.05, 4.69) is 12.1 Å². The van der Waals surface area contributed by atoms with Gasteiger partial charge in [-0.15, -0.1) is 0 Å². The maximum atomic E-state index is 9.33. The molecule has 0 spiro atoms. The fourth-order valence-corrected chi connectivity index (χ4v) is 2.14. The number of aliphatic hydroxyl groups excluding tert-OH is 1. The van der Waals surface area contributed by atoms with Crippen LogP contribution >= 0.6 is 0 Å². The van der Waals surface area contributed by atoms with Crippen LogP contribution in [0.15, 0.2) is 66.7 Å². The molecule has 94 valence electrons. The van der Waals surface area contributed by atoms with Crippen LogP contribution in [0.1, 0.15) is 5.56 Å². The van der Waals surface area contributed by atoms with E-state index in [9.17, 15) is 5.11 Å². The molecule has 0 aliphatic carbocycles. The van der Waals surface area contributed by atoms with Crippen LogP contribution in [0.2, 0.25) is 0 Å². The summed E-state index contributed by atoms with van der Waals surface area (Å²) in [6.07, 6.45) is 0. The summed E-state index contributed by atoms with van der Waals surface area (Å²) >= 11 is 0. The third kappa shape index (κ3) is 2.30. The van der Waals surface area contributed by atoms with Crippen molar-refractivity contribution in [1.82, 2.24) is 0 Å². The molecule has 0 aliphatic rings. The topological polar surface area (TPSA) is 29.5 Å². The number of para-hydroxylation sites is 1. The first-order chi connectivity index (χ1) is 9.38. The van der Waals surface area contributed by atoms with Crippen LogP contribution in [0, 0.1) is 0 Å². The van der Waals surface area contributed by atoms with Gasteiger partial charge in [0.05, 0.1) is 6.61 Å². The molecule has 3 aromatic rings. The second-order valence-electron chi connectivity index (χ2n) is 4.35. The van der Waals surface area contributed by atoms with Gasteiger partial charge in [-0.05, 0) is 17.5 Å². The standard InChI is InChI=1S/C17H14O2/c18-12-14-7-2-4-10-16(14)19-17-11-5-8-13-6-1-3-9-15(13)17/h1-11,18H,12H2. The highest BCUT2D eigenvalue weighted by Gasteiger charge is 2.06. The fourth-order valence-electron chi connectivity index (χ4n) is 2.14. The number of hydrogen-bond donors (Lipinski definition) is 1. The van der Waals surface area contributed by atoms with E-state index in [1.54, 1.807) is 0 Å². The van der Waals surface area contributed by atoms with Gasteiger partial charge in [0.25, 0.3) is 0 Å². The first kappa shape index (κ1) is 11.8. The lowest BCUT2D eigenvalue weighted by molar-refractivity contribution is 0.276. The lowest BCUT2D eigenvalue weighted by Crippen LogP contribution is -1.91. The summed E-state index contributed by atoms with van der Waals surface area (Å²) in [5, 5.41) is 11.5. The molecule has 0 radical (unpaired) electrons. The molecule has 0 saturated carbocycles. The highest BCUT2D eigenvalue weighted by Crippen LogP contribution is 2.31. The molecule has 0 unspecified atom stereocenters. The van der Waals surface area contributed by atoms with Gasteiger partial charge in [0.15, 0.2) is 0 Å². The van der Waals surface area contributed by atoms with Crippen LogP contribution in [0.4, 0.5) is 0 Å². The van der Waals surface area contributed by atoms with E-state index < -0.39 is 0 Å². The minimum Gasteiger partial charge on any atom is -0.456 e. The van der Waals surface area contributed by atoms with Gasteiger partial charge < -0.3 is 9.84 Å². The third-order valence-electron chi connectivity index (χ3n) is 3.11. The molecule has 0 heterocycles. The molecular formula is C17H14O2. The summed E-state index contributed by atoms with van der Waals surface area (Å²) in [6, 6.07) is 21.6. The number of hydrogen-bond acceptors (Lipinski definition) is 2. The van der Waals surface area contributed by atoms with Gasteiger partial charge in [-0.3, -0.25) is 0 Å². The largest absolute Gasteiger partial charge is 0.456 e. The van der Waals surface area contributed by atoms with Crippen molar-refractivity contribution < 1.29 is 9.84 Å². The molecule has 0 saturated heterocycles.